The second kappa shape index (κ2) is 7.85. The first kappa shape index (κ1) is 20.8. The van der Waals surface area contributed by atoms with Gasteiger partial charge in [-0.2, -0.15) is 4.31 Å². The fraction of sp³-hybridized carbons (Fsp3) is 0.400. The Labute approximate surface area is 167 Å². The van der Waals surface area contributed by atoms with E-state index in [0.717, 1.165) is 11.1 Å². The molecule has 0 N–H and O–H groups in total. The summed E-state index contributed by atoms with van der Waals surface area (Å²) in [5, 5.41) is -0.741. The van der Waals surface area contributed by atoms with Gasteiger partial charge in [0.05, 0.1) is 21.6 Å². The minimum Gasteiger partial charge on any atom is -0.493 e. The fourth-order valence-electron chi connectivity index (χ4n) is 3.55. The molecule has 1 aliphatic heterocycles. The van der Waals surface area contributed by atoms with Crippen LogP contribution in [0.2, 0.25) is 0 Å². The quantitative estimate of drug-likeness (QED) is 0.714. The van der Waals surface area contributed by atoms with E-state index in [1.165, 1.54) is 4.31 Å². The second-order valence-corrected chi connectivity index (χ2v) is 11.1. The highest BCUT2D eigenvalue weighted by molar-refractivity contribution is 7.92. The number of nitrogens with zero attached hydrogens (tertiary/aromatic N) is 1. The largest absolute Gasteiger partial charge is 0.493 e. The van der Waals surface area contributed by atoms with Crippen LogP contribution in [0.1, 0.15) is 24.5 Å². The van der Waals surface area contributed by atoms with Gasteiger partial charge in [0.15, 0.2) is 9.84 Å². The first-order valence-corrected chi connectivity index (χ1v) is 12.2. The molecule has 2 aromatic rings. The summed E-state index contributed by atoms with van der Waals surface area (Å²) in [6.07, 6.45) is 0.283. The van der Waals surface area contributed by atoms with Crippen LogP contribution < -0.4 is 4.74 Å². The van der Waals surface area contributed by atoms with Gasteiger partial charge in [0.2, 0.25) is 10.0 Å². The van der Waals surface area contributed by atoms with Gasteiger partial charge in [0, 0.05) is 13.1 Å². The van der Waals surface area contributed by atoms with Gasteiger partial charge in [-0.15, -0.1) is 0 Å². The SMILES string of the molecule is CCOc1c(C)cc(S(=O)(=O)N2CCC(S(=O)(=O)c3ccccc3)C2)cc1C. The van der Waals surface area contributed by atoms with E-state index in [-0.39, 0.29) is 29.3 Å². The molecular formula is C20H25NO5S2. The Kier molecular flexibility index (Phi) is 5.84. The average Bonchev–Trinajstić information content (AvgIpc) is 3.17. The Balaban J connectivity index is 1.87. The normalized spacial score (nSPS) is 18.3. The predicted octanol–water partition coefficient (Wildman–Crippen LogP) is 2.94. The molecule has 0 saturated carbocycles. The Hall–Kier alpha value is -1.90. The maximum absolute atomic E-state index is 13.1. The molecule has 0 aromatic heterocycles. The number of rotatable bonds is 6. The molecule has 0 amide bonds. The third kappa shape index (κ3) is 3.81. The van der Waals surface area contributed by atoms with Crippen molar-refractivity contribution in [2.45, 2.75) is 42.2 Å². The molecule has 6 nitrogen and oxygen atoms in total. The van der Waals surface area contributed by atoms with Crippen LogP contribution >= 0.6 is 0 Å². The molecule has 1 fully saturated rings. The van der Waals surface area contributed by atoms with Gasteiger partial charge in [-0.1, -0.05) is 18.2 Å². The Morgan fingerprint density at radius 3 is 2.18 bits per heavy atom. The van der Waals surface area contributed by atoms with Crippen LogP contribution in [0.25, 0.3) is 0 Å². The minimum atomic E-state index is -3.78. The molecule has 0 bridgehead atoms. The summed E-state index contributed by atoms with van der Waals surface area (Å²) in [7, 11) is -7.35. The smallest absolute Gasteiger partial charge is 0.243 e. The molecule has 1 unspecified atom stereocenters. The Bertz CT molecular complexity index is 1040. The van der Waals surface area contributed by atoms with Crippen molar-refractivity contribution in [3.05, 3.63) is 53.6 Å². The van der Waals surface area contributed by atoms with Crippen LogP contribution in [0.5, 0.6) is 5.75 Å². The molecule has 0 aliphatic carbocycles. The third-order valence-corrected chi connectivity index (χ3v) is 9.01. The standard InChI is InChI=1S/C20H25NO5S2/c1-4-26-20-15(2)12-19(13-16(20)3)28(24,25)21-11-10-18(14-21)27(22,23)17-8-6-5-7-9-17/h5-9,12-13,18H,4,10-11,14H2,1-3H3. The first-order chi connectivity index (χ1) is 13.2. The number of benzene rings is 2. The van der Waals surface area contributed by atoms with Crippen molar-refractivity contribution in [3.8, 4) is 5.75 Å². The van der Waals surface area contributed by atoms with Crippen molar-refractivity contribution in [2.75, 3.05) is 19.7 Å². The number of aryl methyl sites for hydroxylation is 2. The summed E-state index contributed by atoms with van der Waals surface area (Å²) in [5.41, 5.74) is 1.49. The van der Waals surface area contributed by atoms with Crippen LogP contribution in [0, 0.1) is 13.8 Å². The number of hydrogen-bond donors (Lipinski definition) is 0. The highest BCUT2D eigenvalue weighted by Crippen LogP contribution is 2.31. The molecule has 3 rings (SSSR count). The molecule has 1 saturated heterocycles. The van der Waals surface area contributed by atoms with Gasteiger partial charge < -0.3 is 4.74 Å². The molecule has 152 valence electrons. The summed E-state index contributed by atoms with van der Waals surface area (Å²) in [6, 6.07) is 11.4. The summed E-state index contributed by atoms with van der Waals surface area (Å²) in [4.78, 5) is 0.399. The topological polar surface area (TPSA) is 80.8 Å². The molecule has 1 aliphatic rings. The van der Waals surface area contributed by atoms with Gasteiger partial charge in [0.1, 0.15) is 5.75 Å². The molecule has 1 atom stereocenters. The van der Waals surface area contributed by atoms with Gasteiger partial charge in [0.25, 0.3) is 0 Å². The number of hydrogen-bond acceptors (Lipinski definition) is 5. The van der Waals surface area contributed by atoms with E-state index in [2.05, 4.69) is 0 Å². The average molecular weight is 424 g/mol. The van der Waals surface area contributed by atoms with E-state index in [1.807, 2.05) is 20.8 Å². The van der Waals surface area contributed by atoms with Crippen molar-refractivity contribution in [3.63, 3.8) is 0 Å². The zero-order valence-corrected chi connectivity index (χ0v) is 17.9. The lowest BCUT2D eigenvalue weighted by Gasteiger charge is -2.19. The van der Waals surface area contributed by atoms with Gasteiger partial charge in [-0.25, -0.2) is 16.8 Å². The Morgan fingerprint density at radius 2 is 1.61 bits per heavy atom. The van der Waals surface area contributed by atoms with Crippen LogP contribution in [-0.2, 0) is 19.9 Å². The second-order valence-electron chi connectivity index (χ2n) is 6.95. The monoisotopic (exact) mass is 423 g/mol. The summed E-state index contributed by atoms with van der Waals surface area (Å²) in [6.45, 7) is 6.14. The highest BCUT2D eigenvalue weighted by Gasteiger charge is 2.39. The third-order valence-electron chi connectivity index (χ3n) is 4.98. The molecule has 2 aromatic carbocycles. The maximum Gasteiger partial charge on any atom is 0.243 e. The number of sulfone groups is 1. The molecule has 0 radical (unpaired) electrons. The molecular weight excluding hydrogens is 398 g/mol. The van der Waals surface area contributed by atoms with Crippen molar-refractivity contribution < 1.29 is 21.6 Å². The fourth-order valence-corrected chi connectivity index (χ4v) is 7.03. The van der Waals surface area contributed by atoms with E-state index >= 15 is 0 Å². The van der Waals surface area contributed by atoms with E-state index in [0.29, 0.717) is 12.4 Å². The van der Waals surface area contributed by atoms with Crippen molar-refractivity contribution in [2.24, 2.45) is 0 Å². The molecule has 28 heavy (non-hydrogen) atoms. The highest BCUT2D eigenvalue weighted by atomic mass is 32.2. The molecule has 1 heterocycles. The number of ether oxygens (including phenoxy) is 1. The van der Waals surface area contributed by atoms with Crippen LogP contribution in [-0.4, -0.2) is 46.1 Å². The Morgan fingerprint density at radius 1 is 1.00 bits per heavy atom. The molecule has 8 heteroatoms. The van der Waals surface area contributed by atoms with Crippen LogP contribution in [0.15, 0.2) is 52.3 Å². The van der Waals surface area contributed by atoms with E-state index in [1.54, 1.807) is 42.5 Å². The first-order valence-electron chi connectivity index (χ1n) is 9.21. The maximum atomic E-state index is 13.1. The van der Waals surface area contributed by atoms with Crippen molar-refractivity contribution in [1.29, 1.82) is 0 Å². The van der Waals surface area contributed by atoms with Crippen LogP contribution in [0.4, 0.5) is 0 Å². The minimum absolute atomic E-state index is 0.0368. The lowest BCUT2D eigenvalue weighted by molar-refractivity contribution is 0.335. The van der Waals surface area contributed by atoms with E-state index in [9.17, 15) is 16.8 Å². The summed E-state index contributed by atoms with van der Waals surface area (Å²) < 4.78 is 58.7. The van der Waals surface area contributed by atoms with Crippen molar-refractivity contribution in [1.82, 2.24) is 4.31 Å². The lowest BCUT2D eigenvalue weighted by Crippen LogP contribution is -2.32. The van der Waals surface area contributed by atoms with Gasteiger partial charge in [-0.3, -0.25) is 0 Å². The summed E-state index contributed by atoms with van der Waals surface area (Å²) >= 11 is 0. The predicted molar refractivity (Wildman–Crippen MR) is 108 cm³/mol. The van der Waals surface area contributed by atoms with Crippen molar-refractivity contribution >= 4 is 19.9 Å². The van der Waals surface area contributed by atoms with E-state index in [4.69, 9.17) is 4.74 Å². The summed E-state index contributed by atoms with van der Waals surface area (Å²) in [5.74, 6) is 0.687. The van der Waals surface area contributed by atoms with Crippen LogP contribution in [0.3, 0.4) is 0 Å². The van der Waals surface area contributed by atoms with Gasteiger partial charge in [-0.05, 0) is 62.6 Å². The zero-order valence-electron chi connectivity index (χ0n) is 16.3. The van der Waals surface area contributed by atoms with Gasteiger partial charge >= 0.3 is 0 Å². The lowest BCUT2D eigenvalue weighted by atomic mass is 10.1. The van der Waals surface area contributed by atoms with E-state index < -0.39 is 25.1 Å². The molecule has 0 spiro atoms. The zero-order chi connectivity index (χ0) is 20.5. The number of sulfonamides is 1.